The molecule has 22 heteroatoms. The molecule has 448 valence electrons. The first kappa shape index (κ1) is 60.8. The second kappa shape index (κ2) is 25.6. The second-order valence-corrected chi connectivity index (χ2v) is 23.4. The van der Waals surface area contributed by atoms with Gasteiger partial charge in [0.25, 0.3) is 11.8 Å². The molecule has 0 aliphatic carbocycles. The van der Waals surface area contributed by atoms with Gasteiger partial charge in [0.15, 0.2) is 0 Å². The summed E-state index contributed by atoms with van der Waals surface area (Å²) in [7, 11) is 1.51. The summed E-state index contributed by atoms with van der Waals surface area (Å²) in [5, 5.41) is 10.7. The number of halogens is 2. The van der Waals surface area contributed by atoms with Crippen molar-refractivity contribution in [3.05, 3.63) is 125 Å². The predicted molar refractivity (Wildman–Crippen MR) is 315 cm³/mol. The number of hydrogen-bond donors (Lipinski definition) is 5. The number of H-pyrrole nitrogens is 1. The van der Waals surface area contributed by atoms with Gasteiger partial charge in [0.05, 0.1) is 30.5 Å². The molecule has 0 atom stereocenters. The molecule has 4 aromatic carbocycles. The average Bonchev–Trinajstić information content (AvgIpc) is 4.09. The first-order valence-electron chi connectivity index (χ1n) is 28.6. The Kier molecular flexibility index (Phi) is 18.3. The van der Waals surface area contributed by atoms with E-state index in [1.165, 1.54) is 42.1 Å². The largest absolute Gasteiger partial charge is 0.495 e. The van der Waals surface area contributed by atoms with Crippen molar-refractivity contribution in [2.24, 2.45) is 5.41 Å². The summed E-state index contributed by atoms with van der Waals surface area (Å²) in [6.07, 6.45) is 5.52. The number of amides is 7. The summed E-state index contributed by atoms with van der Waals surface area (Å²) in [5.41, 5.74) is 3.88. The highest BCUT2D eigenvalue weighted by atomic mass is 19.1. The molecule has 3 aliphatic heterocycles. The molecule has 85 heavy (non-hydrogen) atoms. The van der Waals surface area contributed by atoms with E-state index in [9.17, 15) is 33.6 Å². The lowest BCUT2D eigenvalue weighted by molar-refractivity contribution is -0.157. The molecule has 2 aromatic heterocycles. The van der Waals surface area contributed by atoms with Crippen molar-refractivity contribution in [2.75, 3.05) is 69.7 Å². The van der Waals surface area contributed by atoms with Crippen LogP contribution in [0.2, 0.25) is 0 Å². The quantitative estimate of drug-likeness (QED) is 0.0504. The molecule has 0 radical (unpaired) electrons. The number of imide groups is 1. The minimum absolute atomic E-state index is 0.0346. The fourth-order valence-corrected chi connectivity index (χ4v) is 11.1. The Labute approximate surface area is 491 Å². The van der Waals surface area contributed by atoms with Gasteiger partial charge in [-0.2, -0.15) is 0 Å². The van der Waals surface area contributed by atoms with Crippen LogP contribution in [0.15, 0.2) is 85.2 Å². The standard InChI is InChI=1S/C63H72F2N10O10/c1-38-45(34-43(64)35-48(38)71-57(79)44-14-13-42(33-47(44)65)62(5,6)84-54(78)17-25-66-52(76)16-24-67-60(82)85-61(2,3)4)55-46-36-49(70-56(46)69-37-68-55)40-10-8-39(9-11-40)18-26-73-28-20-63(21-29-73)22-30-74(31-23-63)58(80)41-12-15-51(83-7)50(32-41)75-27-19-53(77)72-59(75)81/h8-15,32-37H,16-31H2,1-7H3,(H,66,76)(H,67,82)(H,71,79)(H,68,69,70)(H,72,77,81). The van der Waals surface area contributed by atoms with Crippen LogP contribution in [0.4, 0.5) is 29.7 Å². The number of fused-ring (bicyclic) bond motifs is 1. The van der Waals surface area contributed by atoms with Crippen LogP contribution in [0.1, 0.15) is 117 Å². The lowest BCUT2D eigenvalue weighted by Gasteiger charge is -2.47. The summed E-state index contributed by atoms with van der Waals surface area (Å²) >= 11 is 0. The smallest absolute Gasteiger partial charge is 0.407 e. The minimum atomic E-state index is -1.32. The number of carbonyl (C=O) groups excluding carboxylic acids is 7. The number of likely N-dealkylation sites (tertiary alicyclic amines) is 2. The highest BCUT2D eigenvalue weighted by Crippen LogP contribution is 2.42. The minimum Gasteiger partial charge on any atom is -0.495 e. The van der Waals surface area contributed by atoms with Gasteiger partial charge >= 0.3 is 18.1 Å². The van der Waals surface area contributed by atoms with E-state index >= 15 is 8.78 Å². The highest BCUT2D eigenvalue weighted by Gasteiger charge is 2.39. The average molecular weight is 1170 g/mol. The number of alkyl carbamates (subject to hydrolysis) is 1. The number of piperidine rings is 2. The van der Waals surface area contributed by atoms with Crippen LogP contribution in [-0.2, 0) is 35.9 Å². The Bertz CT molecular complexity index is 3530. The number of aromatic amines is 1. The Morgan fingerprint density at radius 3 is 2.20 bits per heavy atom. The number of urea groups is 1. The van der Waals surface area contributed by atoms with E-state index < -0.39 is 52.7 Å². The number of hydrogen-bond acceptors (Lipinski definition) is 13. The third kappa shape index (κ3) is 14.8. The molecular formula is C63H72F2N10O10. The Hall–Kier alpha value is -8.79. The van der Waals surface area contributed by atoms with Gasteiger partial charge in [-0.1, -0.05) is 30.3 Å². The van der Waals surface area contributed by atoms with Crippen molar-refractivity contribution in [3.63, 3.8) is 0 Å². The van der Waals surface area contributed by atoms with Gasteiger partial charge in [-0.15, -0.1) is 0 Å². The Balaban J connectivity index is 0.753. The van der Waals surface area contributed by atoms with Crippen molar-refractivity contribution in [2.45, 2.75) is 104 Å². The van der Waals surface area contributed by atoms with Gasteiger partial charge in [-0.3, -0.25) is 34.2 Å². The van der Waals surface area contributed by atoms with E-state index in [1.54, 1.807) is 59.7 Å². The number of benzene rings is 4. The van der Waals surface area contributed by atoms with Crippen molar-refractivity contribution in [1.29, 1.82) is 0 Å². The second-order valence-electron chi connectivity index (χ2n) is 23.4. The molecule has 3 fully saturated rings. The summed E-state index contributed by atoms with van der Waals surface area (Å²) in [6.45, 7) is 14.4. The number of rotatable bonds is 18. The van der Waals surface area contributed by atoms with E-state index in [4.69, 9.17) is 14.2 Å². The molecule has 1 spiro atoms. The number of esters is 1. The Morgan fingerprint density at radius 1 is 0.788 bits per heavy atom. The fourth-order valence-electron chi connectivity index (χ4n) is 11.1. The monoisotopic (exact) mass is 1170 g/mol. The number of nitrogens with zero attached hydrogens (tertiary/aromatic N) is 5. The van der Waals surface area contributed by atoms with Crippen LogP contribution in [0.3, 0.4) is 0 Å². The van der Waals surface area contributed by atoms with E-state index in [-0.39, 0.29) is 72.9 Å². The van der Waals surface area contributed by atoms with Crippen LogP contribution in [-0.4, -0.2) is 132 Å². The molecular weight excluding hydrogens is 1090 g/mol. The van der Waals surface area contributed by atoms with Crippen LogP contribution in [0, 0.1) is 24.0 Å². The maximum Gasteiger partial charge on any atom is 0.407 e. The maximum absolute atomic E-state index is 15.8. The number of nitrogens with one attached hydrogen (secondary N) is 5. The van der Waals surface area contributed by atoms with Gasteiger partial charge in [0.2, 0.25) is 11.8 Å². The molecule has 0 bridgehead atoms. The topological polar surface area (TPSA) is 247 Å². The predicted octanol–water partition coefficient (Wildman–Crippen LogP) is 9.35. The molecule has 9 rings (SSSR count). The number of anilines is 2. The summed E-state index contributed by atoms with van der Waals surface area (Å²) in [5.74, 6) is -3.42. The van der Waals surface area contributed by atoms with E-state index in [0.717, 1.165) is 75.1 Å². The van der Waals surface area contributed by atoms with Gasteiger partial charge in [-0.05, 0) is 163 Å². The molecule has 5 N–H and O–H groups in total. The molecule has 5 heterocycles. The third-order valence-electron chi connectivity index (χ3n) is 16.0. The van der Waals surface area contributed by atoms with Crippen LogP contribution in [0.5, 0.6) is 5.75 Å². The van der Waals surface area contributed by atoms with Gasteiger partial charge in [-0.25, -0.2) is 28.3 Å². The number of methoxy groups -OCH3 is 1. The van der Waals surface area contributed by atoms with Crippen LogP contribution < -0.4 is 30.9 Å². The van der Waals surface area contributed by atoms with Gasteiger partial charge in [0.1, 0.15) is 40.6 Å². The van der Waals surface area contributed by atoms with Gasteiger partial charge < -0.3 is 44.9 Å². The molecule has 6 aromatic rings. The Morgan fingerprint density at radius 2 is 1.51 bits per heavy atom. The van der Waals surface area contributed by atoms with Crippen LogP contribution >= 0.6 is 0 Å². The molecule has 3 saturated heterocycles. The molecule has 3 aliphatic rings. The normalized spacial score (nSPS) is 15.5. The summed E-state index contributed by atoms with van der Waals surface area (Å²) in [6, 6.07) is 21.1. The van der Waals surface area contributed by atoms with E-state index in [1.807, 2.05) is 11.0 Å². The zero-order valence-corrected chi connectivity index (χ0v) is 49.0. The SMILES string of the molecule is COc1ccc(C(=O)N2CCC3(CCN(CCc4ccc(-c5cc6c(-c7cc(F)cc(NC(=O)c8ccc(C(C)(C)OC(=O)CCNC(=O)CCNC(=O)OC(C)(C)C)cc8F)c7C)ncnc6[nH]5)cc4)CC3)CC2)cc1N1CCC(=O)NC1=O. The molecule has 7 amide bonds. The van der Waals surface area contributed by atoms with Crippen molar-refractivity contribution in [3.8, 4) is 28.3 Å². The number of carbonyl (C=O) groups is 7. The summed E-state index contributed by atoms with van der Waals surface area (Å²) in [4.78, 5) is 107. The first-order valence-corrected chi connectivity index (χ1v) is 28.6. The number of aromatic nitrogens is 3. The van der Waals surface area contributed by atoms with E-state index in [2.05, 4.69) is 65.4 Å². The molecule has 0 saturated carbocycles. The molecule has 20 nitrogen and oxygen atoms in total. The third-order valence-corrected chi connectivity index (χ3v) is 16.0. The highest BCUT2D eigenvalue weighted by molar-refractivity contribution is 6.08. The zero-order chi connectivity index (χ0) is 60.8. The van der Waals surface area contributed by atoms with Crippen LogP contribution in [0.25, 0.3) is 33.5 Å². The maximum atomic E-state index is 15.8. The number of ether oxygens (including phenoxy) is 3. The van der Waals surface area contributed by atoms with Crippen molar-refractivity contribution in [1.82, 2.24) is 40.7 Å². The van der Waals surface area contributed by atoms with Gasteiger partial charge in [0, 0.05) is 80.0 Å². The lowest BCUT2D eigenvalue weighted by atomic mass is 9.71. The summed E-state index contributed by atoms with van der Waals surface area (Å²) < 4.78 is 47.5. The molecule has 0 unspecified atom stereocenters. The lowest BCUT2D eigenvalue weighted by Crippen LogP contribution is -2.50. The van der Waals surface area contributed by atoms with Crippen molar-refractivity contribution >= 4 is 64.1 Å². The van der Waals surface area contributed by atoms with Crippen molar-refractivity contribution < 1.29 is 56.6 Å². The fraction of sp³-hybridized carbons (Fsp3) is 0.413. The zero-order valence-electron chi connectivity index (χ0n) is 49.0. The first-order chi connectivity index (χ1) is 40.5. The van der Waals surface area contributed by atoms with E-state index in [0.29, 0.717) is 57.9 Å².